The molecule has 0 aliphatic carbocycles. The van der Waals surface area contributed by atoms with Crippen LogP contribution < -0.4 is 5.32 Å². The van der Waals surface area contributed by atoms with E-state index in [1.165, 1.54) is 0 Å². The van der Waals surface area contributed by atoms with Crippen molar-refractivity contribution in [2.45, 2.75) is 18.1 Å². The number of halogens is 1. The molecule has 25 heavy (non-hydrogen) atoms. The Kier molecular flexibility index (Phi) is 7.16. The number of carboxylic acids is 1. The van der Waals surface area contributed by atoms with E-state index in [1.807, 2.05) is 30.3 Å². The lowest BCUT2D eigenvalue weighted by Crippen LogP contribution is -2.32. The molecule has 0 aliphatic heterocycles. The Labute approximate surface area is 153 Å². The number of hydrogen-bond acceptors (Lipinski definition) is 3. The van der Waals surface area contributed by atoms with Gasteiger partial charge in [0.1, 0.15) is 11.0 Å². The summed E-state index contributed by atoms with van der Waals surface area (Å²) < 4.78 is 12.3. The molecule has 2 atom stereocenters. The van der Waals surface area contributed by atoms with E-state index in [1.54, 1.807) is 24.3 Å². The molecule has 0 aliphatic rings. The number of nitrogens with one attached hydrogen (secondary N) is 1. The van der Waals surface area contributed by atoms with Gasteiger partial charge in [0.25, 0.3) is 0 Å². The van der Waals surface area contributed by atoms with Gasteiger partial charge in [0.15, 0.2) is 0 Å². The van der Waals surface area contributed by atoms with Gasteiger partial charge >= 0.3 is 5.97 Å². The number of benzene rings is 2. The Balaban J connectivity index is 1.91. The summed E-state index contributed by atoms with van der Waals surface area (Å²) in [6.45, 7) is 0. The van der Waals surface area contributed by atoms with Gasteiger partial charge in [0.2, 0.25) is 5.91 Å². The van der Waals surface area contributed by atoms with Crippen molar-refractivity contribution in [3.63, 3.8) is 0 Å². The Bertz CT molecular complexity index is 749. The van der Waals surface area contributed by atoms with Crippen LogP contribution in [0.5, 0.6) is 0 Å². The highest BCUT2D eigenvalue weighted by molar-refractivity contribution is 7.87. The van der Waals surface area contributed by atoms with Gasteiger partial charge in [-0.2, -0.15) is 0 Å². The lowest BCUT2D eigenvalue weighted by molar-refractivity contribution is -0.136. The summed E-state index contributed by atoms with van der Waals surface area (Å²) in [5, 5.41) is 11.3. The first-order valence-corrected chi connectivity index (χ1v) is 9.41. The monoisotopic (exact) mass is 379 g/mol. The molecule has 0 saturated carbocycles. The first-order valence-electron chi connectivity index (χ1n) is 7.65. The van der Waals surface area contributed by atoms with Gasteiger partial charge in [-0.3, -0.25) is 13.8 Å². The van der Waals surface area contributed by atoms with Crippen molar-refractivity contribution in [3.05, 3.63) is 65.2 Å². The third-order valence-electron chi connectivity index (χ3n) is 3.53. The maximum Gasteiger partial charge on any atom is 0.319 e. The highest BCUT2D eigenvalue weighted by Gasteiger charge is 2.26. The summed E-state index contributed by atoms with van der Waals surface area (Å²) in [6.07, 6.45) is 0.697. The van der Waals surface area contributed by atoms with E-state index in [-0.39, 0.29) is 12.2 Å². The molecular formula is C18H18ClNO4S. The molecule has 2 aromatic carbocycles. The van der Waals surface area contributed by atoms with E-state index in [4.69, 9.17) is 11.6 Å². The molecule has 2 rings (SSSR count). The number of aryl methyl sites for hydroxylation is 1. The fourth-order valence-corrected chi connectivity index (χ4v) is 3.53. The van der Waals surface area contributed by atoms with Crippen LogP contribution in [-0.4, -0.2) is 32.2 Å². The summed E-state index contributed by atoms with van der Waals surface area (Å²) in [5.41, 5.74) is 1.49. The molecule has 0 bridgehead atoms. The van der Waals surface area contributed by atoms with Gasteiger partial charge in [0, 0.05) is 21.5 Å². The first-order chi connectivity index (χ1) is 12.0. The molecule has 5 nitrogen and oxygen atoms in total. The van der Waals surface area contributed by atoms with E-state index >= 15 is 0 Å². The summed E-state index contributed by atoms with van der Waals surface area (Å²) in [5.74, 6) is -2.02. The highest BCUT2D eigenvalue weighted by atomic mass is 35.5. The average Bonchev–Trinajstić information content (AvgIpc) is 2.57. The average molecular weight is 380 g/mol. The van der Waals surface area contributed by atoms with Crippen LogP contribution in [0, 0.1) is 0 Å². The van der Waals surface area contributed by atoms with Crippen LogP contribution in [0.15, 0.2) is 54.6 Å². The minimum Gasteiger partial charge on any atom is -0.480 e. The summed E-state index contributed by atoms with van der Waals surface area (Å²) in [6, 6.07) is 15.8. The first kappa shape index (κ1) is 19.1. The van der Waals surface area contributed by atoms with E-state index < -0.39 is 27.9 Å². The molecule has 0 aromatic heterocycles. The molecule has 0 heterocycles. The largest absolute Gasteiger partial charge is 0.480 e. The fourth-order valence-electron chi connectivity index (χ4n) is 2.27. The van der Waals surface area contributed by atoms with Gasteiger partial charge in [0.05, 0.1) is 0 Å². The molecule has 132 valence electrons. The minimum atomic E-state index is -1.81. The van der Waals surface area contributed by atoms with Crippen molar-refractivity contribution in [2.75, 3.05) is 11.1 Å². The topological polar surface area (TPSA) is 83.5 Å². The lowest BCUT2D eigenvalue weighted by atomic mass is 10.1. The van der Waals surface area contributed by atoms with Crippen LogP contribution in [-0.2, 0) is 26.8 Å². The standard InChI is InChI=1S/C18H18ClNO4S/c19-14-7-9-15(10-8-14)20-17(21)12-25(24)16(18(22)23)11-6-13-4-2-1-3-5-13/h1-5,7-10,16H,6,11-12H2,(H,20,21)(H,22,23). The zero-order valence-corrected chi connectivity index (χ0v) is 14.9. The highest BCUT2D eigenvalue weighted by Crippen LogP contribution is 2.14. The van der Waals surface area contributed by atoms with Crippen LogP contribution in [0.2, 0.25) is 5.02 Å². The zero-order valence-electron chi connectivity index (χ0n) is 13.4. The molecule has 2 N–H and O–H groups in total. The summed E-state index contributed by atoms with van der Waals surface area (Å²) in [7, 11) is -1.81. The number of carbonyl (C=O) groups is 2. The van der Waals surface area contributed by atoms with Crippen molar-refractivity contribution in [1.82, 2.24) is 0 Å². The van der Waals surface area contributed by atoms with Gasteiger partial charge < -0.3 is 10.4 Å². The Morgan fingerprint density at radius 2 is 1.72 bits per heavy atom. The number of carbonyl (C=O) groups excluding carboxylic acids is 1. The quantitative estimate of drug-likeness (QED) is 0.738. The number of hydrogen-bond donors (Lipinski definition) is 2. The number of carboxylic acid groups (broad SMARTS) is 1. The number of aliphatic carboxylic acids is 1. The molecule has 2 aromatic rings. The van der Waals surface area contributed by atoms with Crippen LogP contribution >= 0.6 is 11.6 Å². The molecule has 1 amide bonds. The molecular weight excluding hydrogens is 362 g/mol. The van der Waals surface area contributed by atoms with E-state index in [9.17, 15) is 18.9 Å². The summed E-state index contributed by atoms with van der Waals surface area (Å²) in [4.78, 5) is 23.4. The third kappa shape index (κ3) is 6.32. The van der Waals surface area contributed by atoms with Crippen LogP contribution in [0.4, 0.5) is 5.69 Å². The van der Waals surface area contributed by atoms with Crippen LogP contribution in [0.25, 0.3) is 0 Å². The molecule has 2 unspecified atom stereocenters. The van der Waals surface area contributed by atoms with E-state index in [0.29, 0.717) is 17.1 Å². The van der Waals surface area contributed by atoms with Gasteiger partial charge in [-0.1, -0.05) is 41.9 Å². The van der Waals surface area contributed by atoms with Crippen molar-refractivity contribution in [1.29, 1.82) is 0 Å². The van der Waals surface area contributed by atoms with Gasteiger partial charge in [-0.15, -0.1) is 0 Å². The SMILES string of the molecule is O=C(CS(=O)C(CCc1ccccc1)C(=O)O)Nc1ccc(Cl)cc1. The second kappa shape index (κ2) is 9.34. The molecule has 7 heteroatoms. The van der Waals surface area contributed by atoms with E-state index in [2.05, 4.69) is 5.32 Å². The third-order valence-corrected chi connectivity index (χ3v) is 5.40. The zero-order chi connectivity index (χ0) is 18.2. The van der Waals surface area contributed by atoms with Crippen molar-refractivity contribution in [3.8, 4) is 0 Å². The Morgan fingerprint density at radius 1 is 1.08 bits per heavy atom. The van der Waals surface area contributed by atoms with E-state index in [0.717, 1.165) is 5.56 Å². The Morgan fingerprint density at radius 3 is 2.32 bits per heavy atom. The Hall–Kier alpha value is -2.18. The molecule has 0 radical (unpaired) electrons. The molecule has 0 spiro atoms. The number of rotatable bonds is 8. The maximum absolute atomic E-state index is 12.3. The van der Waals surface area contributed by atoms with Gasteiger partial charge in [-0.05, 0) is 42.7 Å². The van der Waals surface area contributed by atoms with Gasteiger partial charge in [-0.25, -0.2) is 0 Å². The molecule has 0 saturated heterocycles. The van der Waals surface area contributed by atoms with Crippen molar-refractivity contribution in [2.24, 2.45) is 0 Å². The maximum atomic E-state index is 12.3. The smallest absolute Gasteiger partial charge is 0.319 e. The summed E-state index contributed by atoms with van der Waals surface area (Å²) >= 11 is 5.77. The van der Waals surface area contributed by atoms with Crippen molar-refractivity contribution < 1.29 is 18.9 Å². The van der Waals surface area contributed by atoms with Crippen LogP contribution in [0.1, 0.15) is 12.0 Å². The molecule has 0 fully saturated rings. The predicted octanol–water partition coefficient (Wildman–Crippen LogP) is 3.11. The second-order valence-corrected chi connectivity index (χ2v) is 7.49. The normalized spacial score (nSPS) is 13.0. The number of amides is 1. The fraction of sp³-hybridized carbons (Fsp3) is 0.222. The number of anilines is 1. The minimum absolute atomic E-state index is 0.209. The lowest BCUT2D eigenvalue weighted by Gasteiger charge is -2.12. The van der Waals surface area contributed by atoms with Crippen LogP contribution in [0.3, 0.4) is 0 Å². The predicted molar refractivity (Wildman–Crippen MR) is 99.3 cm³/mol. The van der Waals surface area contributed by atoms with Crippen molar-refractivity contribution >= 4 is 40.0 Å². The second-order valence-electron chi connectivity index (χ2n) is 5.43.